The van der Waals surface area contributed by atoms with E-state index in [2.05, 4.69) is 17.7 Å². The lowest BCUT2D eigenvalue weighted by Crippen LogP contribution is -1.84. The predicted molar refractivity (Wildman–Crippen MR) is 55.9 cm³/mol. The molecule has 0 N–H and O–H groups in total. The number of hydrogen-bond donors (Lipinski definition) is 1. The molecule has 2 aromatic rings. The van der Waals surface area contributed by atoms with Crippen molar-refractivity contribution in [3.8, 4) is 11.1 Å². The normalized spacial score (nSPS) is 10.3. The fourth-order valence-corrected chi connectivity index (χ4v) is 1.37. The summed E-state index contributed by atoms with van der Waals surface area (Å²) in [6.07, 6.45) is 3.85. The van der Waals surface area contributed by atoms with Crippen molar-refractivity contribution in [1.82, 2.24) is 9.78 Å². The highest BCUT2D eigenvalue weighted by Gasteiger charge is 1.98. The maximum Gasteiger partial charge on any atom is 0.0568 e. The van der Waals surface area contributed by atoms with Gasteiger partial charge < -0.3 is 0 Å². The van der Waals surface area contributed by atoms with Gasteiger partial charge in [-0.05, 0) is 17.7 Å². The molecule has 3 heteroatoms. The van der Waals surface area contributed by atoms with E-state index in [4.69, 9.17) is 0 Å². The van der Waals surface area contributed by atoms with E-state index in [0.717, 1.165) is 10.5 Å². The van der Waals surface area contributed by atoms with E-state index in [9.17, 15) is 0 Å². The quantitative estimate of drug-likeness (QED) is 0.683. The summed E-state index contributed by atoms with van der Waals surface area (Å²) < 4.78 is 1.80. The van der Waals surface area contributed by atoms with E-state index in [0.29, 0.717) is 0 Å². The second-order valence-electron chi connectivity index (χ2n) is 2.95. The minimum absolute atomic E-state index is 0.979. The molecule has 13 heavy (non-hydrogen) atoms. The third-order valence-electron chi connectivity index (χ3n) is 1.91. The van der Waals surface area contributed by atoms with Gasteiger partial charge in [0.1, 0.15) is 0 Å². The first-order valence-corrected chi connectivity index (χ1v) is 4.48. The molecule has 1 aromatic carbocycles. The smallest absolute Gasteiger partial charge is 0.0568 e. The second kappa shape index (κ2) is 3.26. The lowest BCUT2D eigenvalue weighted by molar-refractivity contribution is 0.768. The summed E-state index contributed by atoms with van der Waals surface area (Å²) in [5, 5.41) is 4.11. The average molecular weight is 190 g/mol. The fourth-order valence-electron chi connectivity index (χ4n) is 1.22. The molecule has 1 heterocycles. The first-order chi connectivity index (χ1) is 6.25. The van der Waals surface area contributed by atoms with Crippen LogP contribution in [-0.4, -0.2) is 9.78 Å². The van der Waals surface area contributed by atoms with Gasteiger partial charge in [0.25, 0.3) is 0 Å². The van der Waals surface area contributed by atoms with Crippen LogP contribution >= 0.6 is 12.6 Å². The van der Waals surface area contributed by atoms with Crippen LogP contribution in [0.15, 0.2) is 41.6 Å². The molecule has 0 fully saturated rings. The molecular formula is C10H10N2S. The monoisotopic (exact) mass is 190 g/mol. The van der Waals surface area contributed by atoms with Crippen molar-refractivity contribution in [1.29, 1.82) is 0 Å². The van der Waals surface area contributed by atoms with Crippen LogP contribution in [0, 0.1) is 0 Å². The Morgan fingerprint density at radius 2 is 1.85 bits per heavy atom. The van der Waals surface area contributed by atoms with Crippen molar-refractivity contribution in [2.24, 2.45) is 7.05 Å². The molecule has 0 unspecified atom stereocenters. The number of hydrogen-bond acceptors (Lipinski definition) is 2. The summed E-state index contributed by atoms with van der Waals surface area (Å²) in [5.74, 6) is 0. The van der Waals surface area contributed by atoms with Gasteiger partial charge in [0.2, 0.25) is 0 Å². The maximum atomic E-state index is 4.23. The van der Waals surface area contributed by atoms with Crippen LogP contribution in [0.25, 0.3) is 11.1 Å². The third kappa shape index (κ3) is 1.75. The van der Waals surface area contributed by atoms with E-state index in [1.165, 1.54) is 5.56 Å². The van der Waals surface area contributed by atoms with E-state index in [-0.39, 0.29) is 0 Å². The van der Waals surface area contributed by atoms with Crippen LogP contribution in [0.3, 0.4) is 0 Å². The lowest BCUT2D eigenvalue weighted by Gasteiger charge is -1.96. The average Bonchev–Trinajstić information content (AvgIpc) is 2.53. The highest BCUT2D eigenvalue weighted by atomic mass is 32.1. The van der Waals surface area contributed by atoms with Gasteiger partial charge in [0.05, 0.1) is 6.20 Å². The Hall–Kier alpha value is -1.22. The van der Waals surface area contributed by atoms with Gasteiger partial charge in [-0.15, -0.1) is 12.6 Å². The van der Waals surface area contributed by atoms with Crippen molar-refractivity contribution in [2.45, 2.75) is 4.90 Å². The third-order valence-corrected chi connectivity index (χ3v) is 2.20. The topological polar surface area (TPSA) is 17.8 Å². The Bertz CT molecular complexity index is 403. The van der Waals surface area contributed by atoms with Crippen LogP contribution in [0.4, 0.5) is 0 Å². The number of aromatic nitrogens is 2. The highest BCUT2D eigenvalue weighted by molar-refractivity contribution is 7.80. The molecule has 0 amide bonds. The number of thiol groups is 1. The molecule has 0 atom stereocenters. The van der Waals surface area contributed by atoms with Gasteiger partial charge in [-0.3, -0.25) is 4.68 Å². The summed E-state index contributed by atoms with van der Waals surface area (Å²) in [6, 6.07) is 8.04. The molecule has 0 saturated carbocycles. The fraction of sp³-hybridized carbons (Fsp3) is 0.100. The highest BCUT2D eigenvalue weighted by Crippen LogP contribution is 2.19. The number of nitrogens with zero attached hydrogens (tertiary/aromatic N) is 2. The first kappa shape index (κ1) is 8.38. The minimum atomic E-state index is 0.979. The zero-order valence-electron chi connectivity index (χ0n) is 7.31. The number of rotatable bonds is 1. The van der Waals surface area contributed by atoms with Crippen LogP contribution < -0.4 is 0 Å². The summed E-state index contributed by atoms with van der Waals surface area (Å²) in [5.41, 5.74) is 2.31. The van der Waals surface area contributed by atoms with E-state index in [1.54, 1.807) is 4.68 Å². The summed E-state index contributed by atoms with van der Waals surface area (Å²) >= 11 is 4.23. The largest absolute Gasteiger partial charge is 0.275 e. The van der Waals surface area contributed by atoms with Crippen LogP contribution in [-0.2, 0) is 7.05 Å². The summed E-state index contributed by atoms with van der Waals surface area (Å²) in [4.78, 5) is 0.979. The molecule has 2 nitrogen and oxygen atoms in total. The van der Waals surface area contributed by atoms with Crippen LogP contribution in [0.2, 0.25) is 0 Å². The second-order valence-corrected chi connectivity index (χ2v) is 3.47. The Kier molecular flexibility index (Phi) is 2.10. The van der Waals surface area contributed by atoms with Crippen LogP contribution in [0.1, 0.15) is 0 Å². The molecule has 1 aromatic heterocycles. The molecule has 0 aliphatic rings. The predicted octanol–water partition coefficient (Wildman–Crippen LogP) is 2.38. The van der Waals surface area contributed by atoms with Crippen molar-refractivity contribution >= 4 is 12.6 Å². The molecule has 0 spiro atoms. The molecule has 0 saturated heterocycles. The molecule has 0 aliphatic carbocycles. The van der Waals surface area contributed by atoms with Gasteiger partial charge >= 0.3 is 0 Å². The van der Waals surface area contributed by atoms with E-state index in [1.807, 2.05) is 43.7 Å². The van der Waals surface area contributed by atoms with E-state index < -0.39 is 0 Å². The molecule has 2 rings (SSSR count). The summed E-state index contributed by atoms with van der Waals surface area (Å²) in [7, 11) is 1.91. The zero-order valence-corrected chi connectivity index (χ0v) is 8.20. The molecular weight excluding hydrogens is 180 g/mol. The van der Waals surface area contributed by atoms with Gasteiger partial charge in [0.15, 0.2) is 0 Å². The van der Waals surface area contributed by atoms with E-state index >= 15 is 0 Å². The van der Waals surface area contributed by atoms with Crippen molar-refractivity contribution in [3.05, 3.63) is 36.7 Å². The van der Waals surface area contributed by atoms with Gasteiger partial charge in [-0.25, -0.2) is 0 Å². The van der Waals surface area contributed by atoms with Gasteiger partial charge in [-0.1, -0.05) is 12.1 Å². The number of aryl methyl sites for hydroxylation is 1. The Morgan fingerprint density at radius 1 is 1.15 bits per heavy atom. The Morgan fingerprint density at radius 3 is 2.38 bits per heavy atom. The van der Waals surface area contributed by atoms with Gasteiger partial charge in [0, 0.05) is 23.7 Å². The maximum absolute atomic E-state index is 4.23. The van der Waals surface area contributed by atoms with Crippen molar-refractivity contribution in [3.63, 3.8) is 0 Å². The summed E-state index contributed by atoms with van der Waals surface area (Å²) in [6.45, 7) is 0. The number of benzene rings is 1. The van der Waals surface area contributed by atoms with Crippen molar-refractivity contribution in [2.75, 3.05) is 0 Å². The Labute approximate surface area is 82.6 Å². The SMILES string of the molecule is Cn1cc(-c2ccc(S)cc2)cn1. The molecule has 0 radical (unpaired) electrons. The first-order valence-electron chi connectivity index (χ1n) is 4.04. The Balaban J connectivity index is 2.41. The standard InChI is InChI=1S/C10H10N2S/c1-12-7-9(6-11-12)8-2-4-10(13)5-3-8/h2-7,13H,1H3. The minimum Gasteiger partial charge on any atom is -0.275 e. The molecule has 0 aliphatic heterocycles. The van der Waals surface area contributed by atoms with Crippen molar-refractivity contribution < 1.29 is 0 Å². The van der Waals surface area contributed by atoms with Gasteiger partial charge in [-0.2, -0.15) is 5.10 Å². The molecule has 66 valence electrons. The van der Waals surface area contributed by atoms with Crippen LogP contribution in [0.5, 0.6) is 0 Å². The lowest BCUT2D eigenvalue weighted by atomic mass is 10.1. The molecule has 0 bridgehead atoms. The zero-order chi connectivity index (χ0) is 9.26.